The highest BCUT2D eigenvalue weighted by molar-refractivity contribution is 7.99. The van der Waals surface area contributed by atoms with Crippen molar-refractivity contribution >= 4 is 17.7 Å². The highest BCUT2D eigenvalue weighted by Gasteiger charge is 2.16. The maximum atomic E-state index is 12.5. The molecule has 7 heteroatoms. The maximum absolute atomic E-state index is 12.5. The Balaban J connectivity index is 1.60. The summed E-state index contributed by atoms with van der Waals surface area (Å²) in [6.45, 7) is 10.5. The molecule has 6 nitrogen and oxygen atoms in total. The van der Waals surface area contributed by atoms with Crippen molar-refractivity contribution in [3.63, 3.8) is 0 Å². The van der Waals surface area contributed by atoms with Crippen LogP contribution in [-0.2, 0) is 11.2 Å². The van der Waals surface area contributed by atoms with Crippen LogP contribution in [0.15, 0.2) is 47.6 Å². The van der Waals surface area contributed by atoms with Gasteiger partial charge >= 0.3 is 0 Å². The highest BCUT2D eigenvalue weighted by atomic mass is 32.2. The minimum atomic E-state index is -0.0548. The summed E-state index contributed by atoms with van der Waals surface area (Å²) >= 11 is 1.34. The minimum Gasteiger partial charge on any atom is -0.349 e. The molecule has 158 valence electrons. The molecule has 0 aliphatic carbocycles. The van der Waals surface area contributed by atoms with Crippen molar-refractivity contribution in [1.82, 2.24) is 25.5 Å². The first-order valence-corrected chi connectivity index (χ1v) is 11.2. The second-order valence-corrected chi connectivity index (χ2v) is 8.97. The molecule has 0 radical (unpaired) electrons. The predicted molar refractivity (Wildman–Crippen MR) is 121 cm³/mol. The molecule has 1 atom stereocenters. The van der Waals surface area contributed by atoms with Gasteiger partial charge in [0, 0.05) is 0 Å². The molecule has 3 aromatic rings. The van der Waals surface area contributed by atoms with Crippen LogP contribution < -0.4 is 5.32 Å². The summed E-state index contributed by atoms with van der Waals surface area (Å²) in [6.07, 6.45) is 1.06. The van der Waals surface area contributed by atoms with Gasteiger partial charge < -0.3 is 5.32 Å². The van der Waals surface area contributed by atoms with Crippen LogP contribution >= 0.6 is 11.8 Å². The lowest BCUT2D eigenvalue weighted by Gasteiger charge is -2.15. The van der Waals surface area contributed by atoms with Crippen molar-refractivity contribution in [2.45, 2.75) is 52.2 Å². The number of benzene rings is 2. The fourth-order valence-electron chi connectivity index (χ4n) is 3.46. The van der Waals surface area contributed by atoms with Crippen molar-refractivity contribution in [2.75, 3.05) is 5.75 Å². The number of hydrogen-bond donors (Lipinski definition) is 1. The number of carbonyl (C=O) groups excluding carboxylic acids is 1. The van der Waals surface area contributed by atoms with Crippen molar-refractivity contribution in [2.24, 2.45) is 5.92 Å². The molecular weight excluding hydrogens is 394 g/mol. The Kier molecular flexibility index (Phi) is 7.26. The number of rotatable bonds is 8. The van der Waals surface area contributed by atoms with Gasteiger partial charge in [-0.15, -0.1) is 5.10 Å². The predicted octanol–water partition coefficient (Wildman–Crippen LogP) is 4.45. The zero-order valence-electron chi connectivity index (χ0n) is 18.2. The Labute approximate surface area is 182 Å². The first kappa shape index (κ1) is 22.0. The number of para-hydroxylation sites is 1. The molecule has 0 fully saturated rings. The van der Waals surface area contributed by atoms with Gasteiger partial charge in [0.15, 0.2) is 0 Å². The van der Waals surface area contributed by atoms with E-state index in [1.807, 2.05) is 39.0 Å². The van der Waals surface area contributed by atoms with Gasteiger partial charge in [-0.1, -0.05) is 68.1 Å². The van der Waals surface area contributed by atoms with Crippen molar-refractivity contribution in [3.05, 3.63) is 64.7 Å². The van der Waals surface area contributed by atoms with E-state index in [4.69, 9.17) is 0 Å². The normalized spacial score (nSPS) is 12.2. The average Bonchev–Trinajstić information content (AvgIpc) is 3.14. The van der Waals surface area contributed by atoms with Crippen molar-refractivity contribution in [1.29, 1.82) is 0 Å². The highest BCUT2D eigenvalue weighted by Crippen LogP contribution is 2.23. The first-order chi connectivity index (χ1) is 14.3. The number of amides is 1. The van der Waals surface area contributed by atoms with E-state index in [2.05, 4.69) is 59.0 Å². The summed E-state index contributed by atoms with van der Waals surface area (Å²) < 4.78 is 1.71. The van der Waals surface area contributed by atoms with Crippen LogP contribution in [0.2, 0.25) is 0 Å². The van der Waals surface area contributed by atoms with E-state index in [0.29, 0.717) is 11.1 Å². The lowest BCUT2D eigenvalue weighted by molar-refractivity contribution is -0.119. The fourth-order valence-corrected chi connectivity index (χ4v) is 4.15. The molecule has 1 N–H and O–H groups in total. The quantitative estimate of drug-likeness (QED) is 0.542. The molecule has 0 aliphatic heterocycles. The number of carbonyl (C=O) groups is 1. The Morgan fingerprint density at radius 2 is 1.73 bits per heavy atom. The molecule has 0 spiro atoms. The number of nitrogens with one attached hydrogen (secondary N) is 1. The van der Waals surface area contributed by atoms with Gasteiger partial charge in [0.25, 0.3) is 0 Å². The van der Waals surface area contributed by atoms with Gasteiger partial charge in [-0.3, -0.25) is 4.79 Å². The Hall–Kier alpha value is -2.67. The molecule has 3 rings (SSSR count). The van der Waals surface area contributed by atoms with Crippen LogP contribution in [0.1, 0.15) is 49.1 Å². The van der Waals surface area contributed by atoms with E-state index in [0.717, 1.165) is 28.8 Å². The Morgan fingerprint density at radius 3 is 2.37 bits per heavy atom. The molecule has 0 saturated carbocycles. The Bertz CT molecular complexity index is 977. The minimum absolute atomic E-state index is 0.0465. The number of thioether (sulfide) groups is 1. The molecule has 30 heavy (non-hydrogen) atoms. The zero-order valence-corrected chi connectivity index (χ0v) is 19.0. The summed E-state index contributed by atoms with van der Waals surface area (Å²) in [7, 11) is 0. The van der Waals surface area contributed by atoms with E-state index in [1.54, 1.807) is 4.68 Å². The molecule has 0 saturated heterocycles. The molecular formula is C23H29N5OS. The lowest BCUT2D eigenvalue weighted by Crippen LogP contribution is -2.28. The maximum Gasteiger partial charge on any atom is 0.230 e. The lowest BCUT2D eigenvalue weighted by atomic mass is 10.00. The van der Waals surface area contributed by atoms with E-state index in [9.17, 15) is 4.79 Å². The molecule has 0 bridgehead atoms. The number of nitrogens with zero attached hydrogens (tertiary/aromatic N) is 4. The van der Waals surface area contributed by atoms with Gasteiger partial charge in [0.1, 0.15) is 0 Å². The van der Waals surface area contributed by atoms with Crippen LogP contribution in [0.3, 0.4) is 0 Å². The monoisotopic (exact) mass is 423 g/mol. The van der Waals surface area contributed by atoms with E-state index in [1.165, 1.54) is 17.3 Å². The molecule has 1 heterocycles. The van der Waals surface area contributed by atoms with Crippen molar-refractivity contribution in [3.8, 4) is 5.69 Å². The SMILES string of the molecule is Cc1cccc(C)c1-n1nnnc1SCC(=O)NC(C)c1ccc(CC(C)C)cc1. The zero-order chi connectivity index (χ0) is 21.7. The standard InChI is InChI=1S/C23H29N5OS/c1-15(2)13-19-9-11-20(12-10-19)18(5)24-21(29)14-30-23-25-26-27-28(23)22-16(3)7-6-8-17(22)4/h6-12,15,18H,13-14H2,1-5H3,(H,24,29). The number of aryl methyl sites for hydroxylation is 2. The fraction of sp³-hybridized carbons (Fsp3) is 0.391. The molecule has 0 aliphatic rings. The third kappa shape index (κ3) is 5.48. The second kappa shape index (κ2) is 9.89. The third-order valence-electron chi connectivity index (χ3n) is 4.93. The number of tetrazole rings is 1. The Morgan fingerprint density at radius 1 is 1.07 bits per heavy atom. The van der Waals surface area contributed by atoms with Crippen LogP contribution in [0.5, 0.6) is 0 Å². The van der Waals surface area contributed by atoms with Gasteiger partial charge in [-0.05, 0) is 65.8 Å². The summed E-state index contributed by atoms with van der Waals surface area (Å²) in [6, 6.07) is 14.5. The van der Waals surface area contributed by atoms with E-state index in [-0.39, 0.29) is 17.7 Å². The van der Waals surface area contributed by atoms with Crippen LogP contribution in [0.4, 0.5) is 0 Å². The van der Waals surface area contributed by atoms with Crippen molar-refractivity contribution < 1.29 is 4.79 Å². The second-order valence-electron chi connectivity index (χ2n) is 8.03. The molecule has 2 aromatic carbocycles. The van der Waals surface area contributed by atoms with Gasteiger partial charge in [0.2, 0.25) is 11.1 Å². The smallest absolute Gasteiger partial charge is 0.230 e. The largest absolute Gasteiger partial charge is 0.349 e. The van der Waals surface area contributed by atoms with Gasteiger partial charge in [-0.2, -0.15) is 4.68 Å². The number of hydrogen-bond acceptors (Lipinski definition) is 5. The molecule has 1 amide bonds. The summed E-state index contributed by atoms with van der Waals surface area (Å²) in [5.41, 5.74) is 5.55. The van der Waals surface area contributed by atoms with Gasteiger partial charge in [-0.25, -0.2) is 0 Å². The average molecular weight is 424 g/mol. The van der Waals surface area contributed by atoms with E-state index < -0.39 is 0 Å². The third-order valence-corrected chi connectivity index (χ3v) is 5.85. The molecule has 1 aromatic heterocycles. The summed E-state index contributed by atoms with van der Waals surface area (Å²) in [4.78, 5) is 12.5. The van der Waals surface area contributed by atoms with E-state index >= 15 is 0 Å². The van der Waals surface area contributed by atoms with Crippen LogP contribution in [-0.4, -0.2) is 31.9 Å². The number of aromatic nitrogens is 4. The molecule has 1 unspecified atom stereocenters. The topological polar surface area (TPSA) is 72.7 Å². The van der Waals surface area contributed by atoms with Gasteiger partial charge in [0.05, 0.1) is 17.5 Å². The summed E-state index contributed by atoms with van der Waals surface area (Å²) in [5.74, 6) is 0.834. The first-order valence-electron chi connectivity index (χ1n) is 10.2. The van der Waals surface area contributed by atoms with Crippen LogP contribution in [0.25, 0.3) is 5.69 Å². The summed E-state index contributed by atoms with van der Waals surface area (Å²) in [5, 5.41) is 15.7. The van der Waals surface area contributed by atoms with Crippen LogP contribution in [0, 0.1) is 19.8 Å².